The molecular weight excluding hydrogens is 328 g/mol. The lowest BCUT2D eigenvalue weighted by atomic mass is 10.1. The number of aliphatic hydroxyl groups excluding tert-OH is 2. The Morgan fingerprint density at radius 2 is 2.08 bits per heavy atom. The second-order valence-electron chi connectivity index (χ2n) is 5.35. The summed E-state index contributed by atoms with van der Waals surface area (Å²) in [4.78, 5) is 16.0. The minimum Gasteiger partial charge on any atom is -0.448 e. The number of aliphatic hydroxyl groups is 2. The van der Waals surface area contributed by atoms with E-state index in [0.717, 1.165) is 10.8 Å². The average molecular weight is 348 g/mol. The van der Waals surface area contributed by atoms with Crippen molar-refractivity contribution in [3.05, 3.63) is 48.7 Å². The summed E-state index contributed by atoms with van der Waals surface area (Å²) in [5.41, 5.74) is 0.580. The van der Waals surface area contributed by atoms with Crippen LogP contribution in [-0.2, 0) is 4.74 Å². The highest BCUT2D eigenvalue weighted by Gasteiger charge is 2.14. The average Bonchev–Trinajstić information content (AvgIpc) is 2.59. The highest BCUT2D eigenvalue weighted by atomic mass is 32.1. The van der Waals surface area contributed by atoms with Gasteiger partial charge in [-0.2, -0.15) is 12.6 Å². The van der Waals surface area contributed by atoms with Gasteiger partial charge < -0.3 is 14.9 Å². The standard InChI is InChI=1S/C17H20N2O4S/c1-11(6-14(21)9-20)15(24)10-23-17(22)19-16-7-12-4-2-3-5-13(12)8-18-16/h2-5,7-8,14-15,20-21,24H,1,6,9-10H2,(H,18,19,22)/t14-,15?/m1/s1. The van der Waals surface area contributed by atoms with E-state index in [9.17, 15) is 9.90 Å². The summed E-state index contributed by atoms with van der Waals surface area (Å²) in [6, 6.07) is 9.43. The molecule has 7 heteroatoms. The fraction of sp³-hybridized carbons (Fsp3) is 0.294. The molecule has 0 aliphatic rings. The third-order valence-corrected chi connectivity index (χ3v) is 3.93. The zero-order valence-corrected chi connectivity index (χ0v) is 13.9. The molecule has 0 saturated heterocycles. The second-order valence-corrected chi connectivity index (χ2v) is 5.98. The zero-order valence-electron chi connectivity index (χ0n) is 13.1. The van der Waals surface area contributed by atoms with Crippen LogP contribution in [0.15, 0.2) is 48.7 Å². The molecule has 6 nitrogen and oxygen atoms in total. The lowest BCUT2D eigenvalue weighted by Gasteiger charge is -2.16. The van der Waals surface area contributed by atoms with Gasteiger partial charge in [0.15, 0.2) is 0 Å². The molecule has 0 aliphatic heterocycles. The number of pyridine rings is 1. The smallest absolute Gasteiger partial charge is 0.412 e. The van der Waals surface area contributed by atoms with Gasteiger partial charge in [-0.1, -0.05) is 36.4 Å². The number of nitrogens with zero attached hydrogens (tertiary/aromatic N) is 1. The summed E-state index contributed by atoms with van der Waals surface area (Å²) in [5.74, 6) is 0.393. The van der Waals surface area contributed by atoms with Crippen molar-refractivity contribution in [2.45, 2.75) is 17.8 Å². The summed E-state index contributed by atoms with van der Waals surface area (Å²) >= 11 is 4.27. The first-order valence-corrected chi connectivity index (χ1v) is 7.94. The number of thiol groups is 1. The summed E-state index contributed by atoms with van der Waals surface area (Å²) < 4.78 is 5.08. The molecule has 1 amide bonds. The van der Waals surface area contributed by atoms with Crippen molar-refractivity contribution < 1.29 is 19.7 Å². The lowest BCUT2D eigenvalue weighted by molar-refractivity contribution is 0.0942. The number of rotatable bonds is 7. The molecular formula is C17H20N2O4S. The molecule has 1 aromatic heterocycles. The largest absolute Gasteiger partial charge is 0.448 e. The number of hydrogen-bond acceptors (Lipinski definition) is 6. The van der Waals surface area contributed by atoms with Crippen LogP contribution < -0.4 is 5.32 Å². The van der Waals surface area contributed by atoms with Gasteiger partial charge in [-0.15, -0.1) is 0 Å². The molecule has 1 heterocycles. The maximum Gasteiger partial charge on any atom is 0.412 e. The molecule has 128 valence electrons. The Bertz CT molecular complexity index is 723. The second kappa shape index (κ2) is 8.68. The minimum absolute atomic E-state index is 0.000488. The number of benzene rings is 1. The monoisotopic (exact) mass is 348 g/mol. The maximum absolute atomic E-state index is 11.8. The Morgan fingerprint density at radius 1 is 1.38 bits per heavy atom. The molecule has 2 rings (SSSR count). The summed E-state index contributed by atoms with van der Waals surface area (Å²) in [7, 11) is 0. The van der Waals surface area contributed by atoms with Gasteiger partial charge in [-0.25, -0.2) is 9.78 Å². The number of ether oxygens (including phenoxy) is 1. The molecule has 0 radical (unpaired) electrons. The number of anilines is 1. The number of amides is 1. The van der Waals surface area contributed by atoms with E-state index in [-0.39, 0.29) is 19.6 Å². The van der Waals surface area contributed by atoms with Gasteiger partial charge in [0.2, 0.25) is 0 Å². The van der Waals surface area contributed by atoms with E-state index < -0.39 is 17.4 Å². The summed E-state index contributed by atoms with van der Waals surface area (Å²) in [6.07, 6.45) is 0.335. The first-order valence-electron chi connectivity index (χ1n) is 7.43. The zero-order chi connectivity index (χ0) is 17.5. The SMILES string of the molecule is C=C(C[C@@H](O)CO)C(S)COC(=O)Nc1cc2ccccc2cn1. The molecule has 2 aromatic rings. The van der Waals surface area contributed by atoms with E-state index >= 15 is 0 Å². The molecule has 1 aromatic carbocycles. The van der Waals surface area contributed by atoms with Crippen LogP contribution in [0.2, 0.25) is 0 Å². The number of nitrogens with one attached hydrogen (secondary N) is 1. The molecule has 0 saturated carbocycles. The fourth-order valence-electron chi connectivity index (χ4n) is 2.07. The number of aromatic nitrogens is 1. The van der Waals surface area contributed by atoms with E-state index in [4.69, 9.17) is 9.84 Å². The highest BCUT2D eigenvalue weighted by Crippen LogP contribution is 2.17. The van der Waals surface area contributed by atoms with Gasteiger partial charge in [0.25, 0.3) is 0 Å². The molecule has 0 fully saturated rings. The minimum atomic E-state index is -0.886. The molecule has 1 unspecified atom stereocenters. The molecule has 0 bridgehead atoms. The summed E-state index contributed by atoms with van der Waals surface area (Å²) in [5, 5.41) is 22.2. The van der Waals surface area contributed by atoms with Crippen molar-refractivity contribution in [1.29, 1.82) is 0 Å². The molecule has 0 spiro atoms. The van der Waals surface area contributed by atoms with Crippen molar-refractivity contribution >= 4 is 35.3 Å². The Balaban J connectivity index is 1.84. The topological polar surface area (TPSA) is 91.7 Å². The van der Waals surface area contributed by atoms with Gasteiger partial charge in [0, 0.05) is 11.6 Å². The van der Waals surface area contributed by atoms with Gasteiger partial charge in [0.1, 0.15) is 12.4 Å². The predicted octanol–water partition coefficient (Wildman–Crippen LogP) is 2.38. The quantitative estimate of drug-likeness (QED) is 0.455. The Morgan fingerprint density at radius 3 is 2.79 bits per heavy atom. The molecule has 24 heavy (non-hydrogen) atoms. The van der Waals surface area contributed by atoms with Crippen LogP contribution in [0.1, 0.15) is 6.42 Å². The van der Waals surface area contributed by atoms with E-state index in [1.807, 2.05) is 24.3 Å². The highest BCUT2D eigenvalue weighted by molar-refractivity contribution is 7.81. The first kappa shape index (κ1) is 18.3. The Labute approximate surface area is 145 Å². The van der Waals surface area contributed by atoms with Gasteiger partial charge in [0.05, 0.1) is 18.0 Å². The van der Waals surface area contributed by atoms with E-state index in [2.05, 4.69) is 29.5 Å². The summed E-state index contributed by atoms with van der Waals surface area (Å²) in [6.45, 7) is 3.41. The third kappa shape index (κ3) is 5.23. The van der Waals surface area contributed by atoms with Crippen LogP contribution in [-0.4, -0.2) is 45.9 Å². The number of fused-ring (bicyclic) bond motifs is 1. The number of carbonyl (C=O) groups excluding carboxylic acids is 1. The maximum atomic E-state index is 11.8. The number of hydrogen-bond donors (Lipinski definition) is 4. The van der Waals surface area contributed by atoms with Crippen molar-refractivity contribution in [2.24, 2.45) is 0 Å². The third-order valence-electron chi connectivity index (χ3n) is 3.41. The van der Waals surface area contributed by atoms with Crippen LogP contribution in [0.4, 0.5) is 10.6 Å². The van der Waals surface area contributed by atoms with Crippen LogP contribution >= 0.6 is 12.6 Å². The molecule has 2 atom stereocenters. The van der Waals surface area contributed by atoms with Crippen LogP contribution in [0.25, 0.3) is 10.8 Å². The van der Waals surface area contributed by atoms with Crippen LogP contribution in [0.3, 0.4) is 0 Å². The fourth-order valence-corrected chi connectivity index (χ4v) is 2.25. The molecule has 0 aliphatic carbocycles. The van der Waals surface area contributed by atoms with Crippen LogP contribution in [0, 0.1) is 0 Å². The van der Waals surface area contributed by atoms with Gasteiger partial charge >= 0.3 is 6.09 Å². The van der Waals surface area contributed by atoms with Gasteiger partial charge in [-0.3, -0.25) is 5.32 Å². The Hall–Kier alpha value is -2.09. The van der Waals surface area contributed by atoms with Crippen molar-refractivity contribution in [2.75, 3.05) is 18.5 Å². The Kier molecular flexibility index (Phi) is 6.60. The van der Waals surface area contributed by atoms with E-state index in [1.54, 1.807) is 12.3 Å². The lowest BCUT2D eigenvalue weighted by Crippen LogP contribution is -2.23. The molecule has 3 N–H and O–H groups in total. The first-order chi connectivity index (χ1) is 11.5. The van der Waals surface area contributed by atoms with Gasteiger partial charge in [-0.05, 0) is 17.9 Å². The normalized spacial score (nSPS) is 13.3. The van der Waals surface area contributed by atoms with Crippen molar-refractivity contribution in [1.82, 2.24) is 4.98 Å². The van der Waals surface area contributed by atoms with E-state index in [1.165, 1.54) is 0 Å². The van der Waals surface area contributed by atoms with Crippen molar-refractivity contribution in [3.8, 4) is 0 Å². The van der Waals surface area contributed by atoms with E-state index in [0.29, 0.717) is 11.4 Å². The van der Waals surface area contributed by atoms with Crippen molar-refractivity contribution in [3.63, 3.8) is 0 Å². The predicted molar refractivity (Wildman–Crippen MR) is 96.3 cm³/mol. The number of carbonyl (C=O) groups is 1. The van der Waals surface area contributed by atoms with Crippen LogP contribution in [0.5, 0.6) is 0 Å².